The van der Waals surface area contributed by atoms with Crippen LogP contribution in [0.5, 0.6) is 5.75 Å². The average Bonchev–Trinajstić information content (AvgIpc) is 3.20. The lowest BCUT2D eigenvalue weighted by Crippen LogP contribution is -2.49. The van der Waals surface area contributed by atoms with Gasteiger partial charge in [-0.1, -0.05) is 6.07 Å². The highest BCUT2D eigenvalue weighted by molar-refractivity contribution is 5.81. The maximum atomic E-state index is 12.4. The molecule has 0 bridgehead atoms. The largest absolute Gasteiger partial charge is 0.415 e. The van der Waals surface area contributed by atoms with Crippen molar-refractivity contribution in [2.24, 2.45) is 0 Å². The summed E-state index contributed by atoms with van der Waals surface area (Å²) in [5, 5.41) is 1.03. The van der Waals surface area contributed by atoms with E-state index in [1.54, 1.807) is 17.2 Å². The van der Waals surface area contributed by atoms with E-state index in [-0.39, 0.29) is 6.09 Å². The van der Waals surface area contributed by atoms with Crippen LogP contribution >= 0.6 is 0 Å². The van der Waals surface area contributed by atoms with Gasteiger partial charge in [0.15, 0.2) is 0 Å². The van der Waals surface area contributed by atoms with Crippen molar-refractivity contribution >= 4 is 17.0 Å². The van der Waals surface area contributed by atoms with Gasteiger partial charge in [-0.3, -0.25) is 9.88 Å². The smallest absolute Gasteiger partial charge is 0.410 e. The Labute approximate surface area is 152 Å². The molecule has 1 aliphatic heterocycles. The molecule has 0 spiro atoms. The van der Waals surface area contributed by atoms with E-state index in [9.17, 15) is 4.79 Å². The maximum Gasteiger partial charge on any atom is 0.415 e. The summed E-state index contributed by atoms with van der Waals surface area (Å²) >= 11 is 0. The van der Waals surface area contributed by atoms with Crippen molar-refractivity contribution in [3.63, 3.8) is 0 Å². The number of hydrogen-bond donors (Lipinski definition) is 1. The zero-order chi connectivity index (χ0) is 17.8. The second kappa shape index (κ2) is 7.58. The molecule has 1 aliphatic rings. The minimum atomic E-state index is -0.288. The zero-order valence-corrected chi connectivity index (χ0v) is 14.6. The van der Waals surface area contributed by atoms with Gasteiger partial charge < -0.3 is 14.6 Å². The number of nitrogens with one attached hydrogen (secondary N) is 1. The number of fused-ring (bicyclic) bond motifs is 1. The standard InChI is InChI=1S/C20H22N4O2/c25-20(26-18-6-5-16-3-1-9-22-19(16)15-18)24-13-11-23(12-14-24)10-7-17-4-2-8-21-17/h1-6,8-9,15,21H,7,10-14H2. The van der Waals surface area contributed by atoms with Gasteiger partial charge >= 0.3 is 6.09 Å². The number of piperazine rings is 1. The van der Waals surface area contributed by atoms with E-state index in [1.165, 1.54) is 5.69 Å². The molecular weight excluding hydrogens is 328 g/mol. The summed E-state index contributed by atoms with van der Waals surface area (Å²) in [6, 6.07) is 13.5. The molecule has 1 saturated heterocycles. The highest BCUT2D eigenvalue weighted by atomic mass is 16.6. The Morgan fingerprint density at radius 2 is 2.00 bits per heavy atom. The van der Waals surface area contributed by atoms with Crippen LogP contribution in [0.4, 0.5) is 4.79 Å². The topological polar surface area (TPSA) is 61.5 Å². The van der Waals surface area contributed by atoms with Crippen molar-refractivity contribution in [3.8, 4) is 5.75 Å². The van der Waals surface area contributed by atoms with Crippen LogP contribution in [-0.2, 0) is 6.42 Å². The van der Waals surface area contributed by atoms with Crippen LogP contribution in [0.3, 0.4) is 0 Å². The minimum Gasteiger partial charge on any atom is -0.410 e. The van der Waals surface area contributed by atoms with Crippen LogP contribution in [0.15, 0.2) is 54.9 Å². The van der Waals surface area contributed by atoms with Gasteiger partial charge in [-0.25, -0.2) is 4.79 Å². The van der Waals surface area contributed by atoms with Crippen molar-refractivity contribution in [1.82, 2.24) is 19.8 Å². The predicted molar refractivity (Wildman–Crippen MR) is 100 cm³/mol. The number of nitrogens with zero attached hydrogens (tertiary/aromatic N) is 3. The van der Waals surface area contributed by atoms with E-state index >= 15 is 0 Å². The highest BCUT2D eigenvalue weighted by Gasteiger charge is 2.22. The lowest BCUT2D eigenvalue weighted by atomic mass is 10.2. The highest BCUT2D eigenvalue weighted by Crippen LogP contribution is 2.19. The van der Waals surface area contributed by atoms with E-state index in [2.05, 4.69) is 20.9 Å². The number of pyridine rings is 1. The Kier molecular flexibility index (Phi) is 4.84. The van der Waals surface area contributed by atoms with Gasteiger partial charge in [0, 0.05) is 68.7 Å². The molecule has 3 aromatic rings. The lowest BCUT2D eigenvalue weighted by Gasteiger charge is -2.33. The number of H-pyrrole nitrogens is 1. The fourth-order valence-corrected chi connectivity index (χ4v) is 3.23. The van der Waals surface area contributed by atoms with Crippen LogP contribution in [-0.4, -0.2) is 58.6 Å². The molecule has 0 aliphatic carbocycles. The van der Waals surface area contributed by atoms with Crippen LogP contribution in [0.25, 0.3) is 10.9 Å². The summed E-state index contributed by atoms with van der Waals surface area (Å²) in [6.45, 7) is 4.12. The first-order valence-corrected chi connectivity index (χ1v) is 8.94. The van der Waals surface area contributed by atoms with Gasteiger partial charge in [-0.15, -0.1) is 0 Å². The van der Waals surface area contributed by atoms with Crippen molar-refractivity contribution in [2.75, 3.05) is 32.7 Å². The number of hydrogen-bond acceptors (Lipinski definition) is 4. The first-order chi connectivity index (χ1) is 12.8. The Morgan fingerprint density at radius 3 is 2.81 bits per heavy atom. The molecule has 2 aromatic heterocycles. The molecule has 6 heteroatoms. The second-order valence-corrected chi connectivity index (χ2v) is 6.50. The second-order valence-electron chi connectivity index (χ2n) is 6.50. The summed E-state index contributed by atoms with van der Waals surface area (Å²) in [5.74, 6) is 0.537. The van der Waals surface area contributed by atoms with Crippen LogP contribution < -0.4 is 4.74 Å². The van der Waals surface area contributed by atoms with Gasteiger partial charge in [0.25, 0.3) is 0 Å². The molecular formula is C20H22N4O2. The quantitative estimate of drug-likeness (QED) is 0.786. The SMILES string of the molecule is O=C(Oc1ccc2cccnc2c1)N1CCN(CCc2ccc[nH]2)CC1. The fourth-order valence-electron chi connectivity index (χ4n) is 3.23. The maximum absolute atomic E-state index is 12.4. The Hall–Kier alpha value is -2.86. The molecule has 0 unspecified atom stereocenters. The third-order valence-electron chi connectivity index (χ3n) is 4.77. The summed E-state index contributed by atoms with van der Waals surface area (Å²) in [4.78, 5) is 24.1. The van der Waals surface area contributed by atoms with Crippen molar-refractivity contribution in [3.05, 3.63) is 60.6 Å². The Morgan fingerprint density at radius 1 is 1.12 bits per heavy atom. The van der Waals surface area contributed by atoms with E-state index < -0.39 is 0 Å². The molecule has 3 heterocycles. The number of benzene rings is 1. The van der Waals surface area contributed by atoms with Crippen LogP contribution in [0.1, 0.15) is 5.69 Å². The zero-order valence-electron chi connectivity index (χ0n) is 14.6. The molecule has 6 nitrogen and oxygen atoms in total. The third-order valence-corrected chi connectivity index (χ3v) is 4.77. The van der Waals surface area contributed by atoms with Crippen molar-refractivity contribution in [2.45, 2.75) is 6.42 Å². The van der Waals surface area contributed by atoms with Gasteiger partial charge in [0.2, 0.25) is 0 Å². The Balaban J connectivity index is 1.28. The number of aromatic nitrogens is 2. The summed E-state index contributed by atoms with van der Waals surface area (Å²) in [5.41, 5.74) is 2.07. The third kappa shape index (κ3) is 3.86. The molecule has 1 N–H and O–H groups in total. The first-order valence-electron chi connectivity index (χ1n) is 8.94. The average molecular weight is 350 g/mol. The van der Waals surface area contributed by atoms with E-state index in [0.29, 0.717) is 18.8 Å². The van der Waals surface area contributed by atoms with Gasteiger partial charge in [-0.2, -0.15) is 0 Å². The molecule has 0 radical (unpaired) electrons. The molecule has 134 valence electrons. The van der Waals surface area contributed by atoms with Crippen LogP contribution in [0.2, 0.25) is 0 Å². The molecule has 1 fully saturated rings. The molecule has 0 saturated carbocycles. The molecule has 1 aromatic carbocycles. The summed E-state index contributed by atoms with van der Waals surface area (Å²) < 4.78 is 5.54. The summed E-state index contributed by atoms with van der Waals surface area (Å²) in [6.07, 6.45) is 4.40. The normalized spacial score (nSPS) is 15.3. The number of carbonyl (C=O) groups is 1. The molecule has 4 rings (SSSR count). The van der Waals surface area contributed by atoms with Crippen LogP contribution in [0, 0.1) is 0 Å². The van der Waals surface area contributed by atoms with E-state index in [1.807, 2.05) is 36.5 Å². The number of rotatable bonds is 4. The molecule has 1 amide bonds. The number of amides is 1. The number of carbonyl (C=O) groups excluding carboxylic acids is 1. The molecule has 26 heavy (non-hydrogen) atoms. The fraction of sp³-hybridized carbons (Fsp3) is 0.300. The van der Waals surface area contributed by atoms with Gasteiger partial charge in [0.05, 0.1) is 5.52 Å². The van der Waals surface area contributed by atoms with E-state index in [0.717, 1.165) is 37.0 Å². The van der Waals surface area contributed by atoms with E-state index in [4.69, 9.17) is 4.74 Å². The Bertz CT molecular complexity index is 870. The predicted octanol–water partition coefficient (Wildman–Crippen LogP) is 2.92. The van der Waals surface area contributed by atoms with Crippen molar-refractivity contribution in [1.29, 1.82) is 0 Å². The molecule has 0 atom stereocenters. The van der Waals surface area contributed by atoms with Gasteiger partial charge in [0.1, 0.15) is 5.75 Å². The number of ether oxygens (including phenoxy) is 1. The van der Waals surface area contributed by atoms with Gasteiger partial charge in [-0.05, 0) is 30.3 Å². The lowest BCUT2D eigenvalue weighted by molar-refractivity contribution is 0.111. The van der Waals surface area contributed by atoms with Crippen molar-refractivity contribution < 1.29 is 9.53 Å². The number of aromatic amines is 1. The first kappa shape index (κ1) is 16.6. The monoisotopic (exact) mass is 350 g/mol. The summed E-state index contributed by atoms with van der Waals surface area (Å²) in [7, 11) is 0. The minimum absolute atomic E-state index is 0.288.